The van der Waals surface area contributed by atoms with Crippen LogP contribution < -0.4 is 8.39 Å². The molecule has 1 amide bonds. The summed E-state index contributed by atoms with van der Waals surface area (Å²) in [5.74, 6) is -0.127. The third-order valence-electron chi connectivity index (χ3n) is 1.46. The number of benzene rings is 1. The predicted molar refractivity (Wildman–Crippen MR) is 50.4 cm³/mol. The third-order valence-corrected chi connectivity index (χ3v) is 6.84. The van der Waals surface area contributed by atoms with Crippen LogP contribution >= 0.6 is 23.2 Å². The van der Waals surface area contributed by atoms with Crippen LogP contribution in [0.25, 0.3) is 0 Å². The summed E-state index contributed by atoms with van der Waals surface area (Å²) in [6, 6.07) is 3.44. The van der Waals surface area contributed by atoms with E-state index in [9.17, 15) is 4.79 Å². The van der Waals surface area contributed by atoms with Crippen LogP contribution in [0.2, 0.25) is 10.0 Å². The number of nitrogens with one attached hydrogen (secondary N) is 1. The molecule has 0 aliphatic carbocycles. The van der Waals surface area contributed by atoms with Gasteiger partial charge in [-0.2, -0.15) is 0 Å². The van der Waals surface area contributed by atoms with Gasteiger partial charge >= 0.3 is 103 Å². The number of carbonyl (C=O) groups is 1. The van der Waals surface area contributed by atoms with E-state index in [2.05, 4.69) is 5.32 Å². The number of carbonyl (C=O) groups excluding carboxylic acids is 1. The summed E-state index contributed by atoms with van der Waals surface area (Å²) < 4.78 is 1.01. The van der Waals surface area contributed by atoms with E-state index in [-0.39, 0.29) is 5.91 Å². The van der Waals surface area contributed by atoms with Crippen LogP contribution in [0, 0.1) is 0 Å². The van der Waals surface area contributed by atoms with Crippen molar-refractivity contribution in [3.63, 3.8) is 0 Å². The first-order chi connectivity index (χ1) is 6.00. The van der Waals surface area contributed by atoms with Crippen molar-refractivity contribution >= 4 is 37.9 Å². The molecule has 5 heteroatoms. The van der Waals surface area contributed by atoms with E-state index in [0.29, 0.717) is 41.9 Å². The average Bonchev–Trinajstić information content (AvgIpc) is 1.98. The van der Waals surface area contributed by atoms with Crippen molar-refractivity contribution < 1.29 is 30.9 Å². The Balaban J connectivity index is 3.06. The Morgan fingerprint density at radius 1 is 1.38 bits per heavy atom. The fourth-order valence-corrected chi connectivity index (χ4v) is 2.16. The molecule has 0 fully saturated rings. The normalized spacial score (nSPS) is 9.92. The summed E-state index contributed by atoms with van der Waals surface area (Å²) in [5.41, 5.74) is 0.650. The minimum atomic E-state index is -0.127. The van der Waals surface area contributed by atoms with Crippen LogP contribution in [0.3, 0.4) is 0 Å². The molecule has 0 unspecified atom stereocenters. The zero-order valence-corrected chi connectivity index (χ0v) is 14.0. The molecule has 0 aliphatic heterocycles. The Morgan fingerprint density at radius 3 is 2.23 bits per heavy atom. The Morgan fingerprint density at radius 2 is 1.85 bits per heavy atom. The quantitative estimate of drug-likeness (QED) is 0.715. The first-order valence-electron chi connectivity index (χ1n) is 3.59. The van der Waals surface area contributed by atoms with Crippen molar-refractivity contribution in [3.8, 4) is 0 Å². The molecule has 0 bridgehead atoms. The average molecular weight is 404 g/mol. The molecule has 1 aromatic rings. The van der Waals surface area contributed by atoms with Gasteiger partial charge in [0.1, 0.15) is 0 Å². The van der Waals surface area contributed by atoms with Gasteiger partial charge in [0.05, 0.1) is 0 Å². The van der Waals surface area contributed by atoms with E-state index in [4.69, 9.17) is 23.2 Å². The molecule has 0 aliphatic rings. The van der Waals surface area contributed by atoms with E-state index >= 15 is 0 Å². The maximum absolute atomic E-state index is 10.7. The van der Waals surface area contributed by atoms with E-state index in [1.54, 1.807) is 12.1 Å². The number of hydrogen-bond donors (Lipinski definition) is 1. The third kappa shape index (κ3) is 3.11. The van der Waals surface area contributed by atoms with Gasteiger partial charge in [0.2, 0.25) is 0 Å². The zero-order valence-electron chi connectivity index (χ0n) is 7.03. The van der Waals surface area contributed by atoms with Crippen LogP contribution in [0.4, 0.5) is 5.69 Å². The minimum absolute atomic E-state index is 0.127. The summed E-state index contributed by atoms with van der Waals surface area (Å²) in [4.78, 5) is 10.7. The van der Waals surface area contributed by atoms with Gasteiger partial charge in [-0.15, -0.1) is 0 Å². The van der Waals surface area contributed by atoms with Crippen molar-refractivity contribution in [2.75, 3.05) is 5.32 Å². The van der Waals surface area contributed by atoms with Crippen LogP contribution in [0.1, 0.15) is 6.92 Å². The summed E-state index contributed by atoms with van der Waals surface area (Å²) >= 11 is 12.2. The second-order valence-electron chi connectivity index (χ2n) is 2.60. The van der Waals surface area contributed by atoms with Gasteiger partial charge in [0.25, 0.3) is 0 Å². The van der Waals surface area contributed by atoms with Gasteiger partial charge in [-0.1, -0.05) is 0 Å². The Kier molecular flexibility index (Phi) is 4.01. The van der Waals surface area contributed by atoms with E-state index < -0.39 is 0 Å². The molecule has 1 rings (SSSR count). The van der Waals surface area contributed by atoms with Crippen LogP contribution in [0.15, 0.2) is 12.1 Å². The number of anilines is 1. The Bertz CT molecular complexity index is 331. The molecule has 1 N–H and O–H groups in total. The SMILES string of the molecule is CC(=O)Nc1cc(Cl)[c]([Hg])c(Cl)c1. The topological polar surface area (TPSA) is 29.1 Å². The molecule has 13 heavy (non-hydrogen) atoms. The van der Waals surface area contributed by atoms with Crippen LogP contribution in [-0.4, -0.2) is 5.91 Å². The van der Waals surface area contributed by atoms with Gasteiger partial charge in [0, 0.05) is 0 Å². The van der Waals surface area contributed by atoms with Crippen molar-refractivity contribution in [3.05, 3.63) is 22.2 Å². The molecular weight excluding hydrogens is 398 g/mol. The van der Waals surface area contributed by atoms with E-state index in [1.807, 2.05) is 0 Å². The summed E-state index contributed by atoms with van der Waals surface area (Å²) in [6.07, 6.45) is 0. The zero-order chi connectivity index (χ0) is 10.0. The number of halogens is 2. The molecule has 65 valence electrons. The molecule has 0 radical (unpaired) electrons. The second-order valence-corrected chi connectivity index (χ2v) is 6.16. The maximum atomic E-state index is 10.7. The second kappa shape index (κ2) is 4.62. The molecular formula is C8H6Cl2HgNO. The summed E-state index contributed by atoms with van der Waals surface area (Å²) in [5, 5.41) is 3.90. The fraction of sp³-hybridized carbons (Fsp3) is 0.125. The van der Waals surface area contributed by atoms with Crippen molar-refractivity contribution in [1.82, 2.24) is 0 Å². The van der Waals surface area contributed by atoms with Crippen molar-refractivity contribution in [1.29, 1.82) is 0 Å². The van der Waals surface area contributed by atoms with Gasteiger partial charge in [-0.05, 0) is 0 Å². The number of rotatable bonds is 1. The number of hydrogen-bond acceptors (Lipinski definition) is 1. The monoisotopic (exact) mass is 404 g/mol. The predicted octanol–water partition coefficient (Wildman–Crippen LogP) is 2.12. The van der Waals surface area contributed by atoms with Crippen LogP contribution in [0.5, 0.6) is 0 Å². The molecule has 0 heterocycles. The number of amides is 1. The van der Waals surface area contributed by atoms with Crippen LogP contribution in [-0.2, 0) is 30.9 Å². The molecule has 1 aromatic carbocycles. The molecule has 0 atom stereocenters. The van der Waals surface area contributed by atoms with Gasteiger partial charge in [-0.3, -0.25) is 0 Å². The molecule has 0 saturated heterocycles. The Hall–Kier alpha value is 0.205. The molecule has 2 nitrogen and oxygen atoms in total. The molecule has 0 spiro atoms. The Labute approximate surface area is 103 Å². The fourth-order valence-electron chi connectivity index (χ4n) is 0.878. The molecule has 0 aromatic heterocycles. The van der Waals surface area contributed by atoms with Gasteiger partial charge < -0.3 is 0 Å². The summed E-state index contributed by atoms with van der Waals surface area (Å²) in [6.45, 7) is 1.44. The van der Waals surface area contributed by atoms with E-state index in [0.717, 1.165) is 3.07 Å². The van der Waals surface area contributed by atoms with Gasteiger partial charge in [-0.25, -0.2) is 0 Å². The first-order valence-corrected chi connectivity index (χ1v) is 7.10. The van der Waals surface area contributed by atoms with E-state index in [1.165, 1.54) is 6.92 Å². The first kappa shape index (κ1) is 11.3. The van der Waals surface area contributed by atoms with Gasteiger partial charge in [0.15, 0.2) is 0 Å². The standard InChI is InChI=1S/C8H6Cl2NO.Hg/c1-5(12)11-8-3-6(9)2-7(10)4-8;/h3-4H,1H3,(H,11,12);. The summed E-state index contributed by atoms with van der Waals surface area (Å²) in [7, 11) is 0. The molecule has 0 saturated carbocycles. The van der Waals surface area contributed by atoms with Crippen molar-refractivity contribution in [2.24, 2.45) is 0 Å². The van der Waals surface area contributed by atoms with Crippen molar-refractivity contribution in [2.45, 2.75) is 6.92 Å².